The monoisotopic (exact) mass is 1100 g/mol. The summed E-state index contributed by atoms with van der Waals surface area (Å²) in [7, 11) is 0. The zero-order valence-electron chi connectivity index (χ0n) is 43.5. The molecule has 79 heavy (non-hydrogen) atoms. The molecular weight excluding hydrogens is 1040 g/mol. The summed E-state index contributed by atoms with van der Waals surface area (Å²) in [5.41, 5.74) is 3.78. The number of nitrogens with one attached hydrogen (secondary N) is 6. The number of nitrogens with two attached hydrogens (primary N) is 1. The normalized spacial score (nSPS) is 21.2. The number of nitrogens with zero attached hydrogens (tertiary/aromatic N) is 1. The number of rotatable bonds is 21. The van der Waals surface area contributed by atoms with E-state index < -0.39 is 94.3 Å². The van der Waals surface area contributed by atoms with Gasteiger partial charge in [-0.3, -0.25) is 38.5 Å². The van der Waals surface area contributed by atoms with Crippen molar-refractivity contribution >= 4 is 77.2 Å². The van der Waals surface area contributed by atoms with Crippen molar-refractivity contribution in [2.45, 2.75) is 126 Å². The van der Waals surface area contributed by atoms with Crippen LogP contribution in [0.15, 0.2) is 60.7 Å². The van der Waals surface area contributed by atoms with Crippen LogP contribution in [0.3, 0.4) is 0 Å². The van der Waals surface area contributed by atoms with Crippen LogP contribution in [0, 0.1) is 29.6 Å². The first kappa shape index (κ1) is 58.5. The van der Waals surface area contributed by atoms with Crippen molar-refractivity contribution < 1.29 is 68.3 Å². The van der Waals surface area contributed by atoms with Crippen LogP contribution >= 0.6 is 12.6 Å². The van der Waals surface area contributed by atoms with Crippen LogP contribution in [0.5, 0.6) is 5.75 Å². The quantitative estimate of drug-likeness (QED) is 0.0187. The van der Waals surface area contributed by atoms with Crippen LogP contribution in [-0.2, 0) is 41.9 Å². The first-order chi connectivity index (χ1) is 37.6. The number of hydrogen-bond donors (Lipinski definition) is 12. The molecule has 12 N–H and O–H groups in total. The number of primary amides is 1. The summed E-state index contributed by atoms with van der Waals surface area (Å²) in [6, 6.07) is 7.66. The highest BCUT2D eigenvalue weighted by molar-refractivity contribution is 7.81. The summed E-state index contributed by atoms with van der Waals surface area (Å²) < 4.78 is 5.41. The van der Waals surface area contributed by atoms with Crippen molar-refractivity contribution in [2.24, 2.45) is 11.7 Å². The van der Waals surface area contributed by atoms with E-state index in [-0.39, 0.29) is 103 Å². The summed E-state index contributed by atoms with van der Waals surface area (Å²) >= 11 is 4.13. The Labute approximate surface area is 460 Å². The van der Waals surface area contributed by atoms with E-state index >= 15 is 0 Å². The number of aromatic hydroxyl groups is 1. The van der Waals surface area contributed by atoms with Crippen molar-refractivity contribution in [3.05, 3.63) is 99.6 Å². The fraction of sp³-hybridized carbons (Fsp3) is 0.411. The first-order valence-electron chi connectivity index (χ1n) is 25.7. The Hall–Kier alpha value is -8.22. The zero-order valence-corrected chi connectivity index (χ0v) is 44.4. The number of anilines is 2. The number of urea groups is 1. The number of imide groups is 1. The average molecular weight is 1100 g/mol. The Kier molecular flexibility index (Phi) is 18.9. The summed E-state index contributed by atoms with van der Waals surface area (Å²) in [6.45, 7) is 4.81. The zero-order chi connectivity index (χ0) is 57.3. The molecule has 2 aliphatic carbocycles. The average Bonchev–Trinajstić information content (AvgIpc) is 3.80. The number of phenols is 1. The van der Waals surface area contributed by atoms with E-state index in [0.717, 1.165) is 6.07 Å². The third kappa shape index (κ3) is 13.4. The van der Waals surface area contributed by atoms with E-state index in [4.69, 9.17) is 10.5 Å². The number of aliphatic hydroxyl groups is 3. The van der Waals surface area contributed by atoms with Crippen LogP contribution in [0.4, 0.5) is 21.0 Å². The fourth-order valence-electron chi connectivity index (χ4n) is 9.85. The summed E-state index contributed by atoms with van der Waals surface area (Å²) in [5, 5.41) is 61.1. The van der Waals surface area contributed by atoms with Gasteiger partial charge in [0, 0.05) is 49.3 Å². The van der Waals surface area contributed by atoms with E-state index in [0.29, 0.717) is 36.1 Å². The third-order valence-electron chi connectivity index (χ3n) is 14.0. The van der Waals surface area contributed by atoms with Crippen LogP contribution in [0.25, 0.3) is 0 Å². The van der Waals surface area contributed by atoms with Gasteiger partial charge in [-0.2, -0.15) is 12.6 Å². The first-order valence-corrected chi connectivity index (χ1v) is 26.2. The molecule has 2 unspecified atom stereocenters. The highest BCUT2D eigenvalue weighted by Gasteiger charge is 2.56. The standard InChI is InChI=1S/C56H62N8O14S/c1-29(2)47(63-42(68)15-9-6-10-23-64-43(69)26-40(79)53(64)74)52(73)61-37(12-11-22-58-54(57)75)51(72)60-33-19-16-31(17-20-33)28-78-55(76)59-27-32-18-21-34-35(24-32)50(71)44-39(67)25-36-46-38(66)13-7-4-5-8-14-41(56(46,77)30(3)65)62-48(36)45(44)49(34)70/h4-5,16-21,24-25,29-30,37-38,40-41,46-47,62,65-67,77,79H,6,9-12,15,22-23,26-28H2,1-3H3,(H,59,76)(H,60,72)(H,61,73)(H,63,68)(H3,57,58,75)/b5-4-/t30-,37+,38-,40?,41+,46?,47+,56+/m1/s1. The molecule has 0 radical (unpaired) electrons. The van der Waals surface area contributed by atoms with Gasteiger partial charge in [-0.1, -0.05) is 62.1 Å². The van der Waals surface area contributed by atoms with E-state index in [1.807, 2.05) is 0 Å². The number of amides is 8. The number of ketones is 2. The summed E-state index contributed by atoms with van der Waals surface area (Å²) in [6.07, 6.45) is 0.864. The van der Waals surface area contributed by atoms with Crippen molar-refractivity contribution in [2.75, 3.05) is 23.7 Å². The predicted molar refractivity (Wildman–Crippen MR) is 289 cm³/mol. The number of carbonyl (C=O) groups excluding carboxylic acids is 9. The molecule has 3 aromatic carbocycles. The minimum atomic E-state index is -2.16. The molecule has 2 bridgehead atoms. The molecule has 4 aliphatic rings. The Morgan fingerprint density at radius 3 is 2.24 bits per heavy atom. The smallest absolute Gasteiger partial charge is 0.407 e. The molecule has 2 heterocycles. The maximum absolute atomic E-state index is 14.3. The molecule has 1 saturated heterocycles. The minimum absolute atomic E-state index is 0.0144. The highest BCUT2D eigenvalue weighted by atomic mass is 32.1. The van der Waals surface area contributed by atoms with E-state index in [1.54, 1.807) is 38.1 Å². The lowest BCUT2D eigenvalue weighted by molar-refractivity contribution is -0.138. The number of ether oxygens (including phenoxy) is 1. The van der Waals surface area contributed by atoms with Crippen LogP contribution in [0.2, 0.25) is 0 Å². The maximum atomic E-state index is 14.3. The summed E-state index contributed by atoms with van der Waals surface area (Å²) in [4.78, 5) is 118. The number of carbonyl (C=O) groups is 9. The van der Waals surface area contributed by atoms with Crippen LogP contribution in [0.1, 0.15) is 120 Å². The van der Waals surface area contributed by atoms with Crippen molar-refractivity contribution in [3.63, 3.8) is 0 Å². The van der Waals surface area contributed by atoms with Gasteiger partial charge in [0.2, 0.25) is 29.5 Å². The van der Waals surface area contributed by atoms with Gasteiger partial charge >= 0.3 is 12.1 Å². The van der Waals surface area contributed by atoms with Gasteiger partial charge in [0.25, 0.3) is 0 Å². The molecule has 2 aliphatic heterocycles. The molecular formula is C56H62N8O14S. The molecule has 0 saturated carbocycles. The largest absolute Gasteiger partial charge is 0.507 e. The second-order valence-corrected chi connectivity index (χ2v) is 20.6. The van der Waals surface area contributed by atoms with E-state index in [1.165, 1.54) is 42.2 Å². The number of alkyl carbamates (subject to hydrolysis) is 1. The van der Waals surface area contributed by atoms with Gasteiger partial charge in [-0.15, -0.1) is 0 Å². The van der Waals surface area contributed by atoms with Gasteiger partial charge in [-0.05, 0) is 97.7 Å². The molecule has 7 rings (SSSR count). The molecule has 8 atom stereocenters. The predicted octanol–water partition coefficient (Wildman–Crippen LogP) is 2.15. The molecule has 416 valence electrons. The molecule has 8 amide bonds. The van der Waals surface area contributed by atoms with Gasteiger partial charge in [0.15, 0.2) is 11.6 Å². The molecule has 3 aromatic rings. The number of unbranched alkanes of at least 4 members (excludes halogenated alkanes) is 2. The number of hydrogen-bond acceptors (Lipinski definition) is 16. The fourth-order valence-corrected chi connectivity index (χ4v) is 10.1. The Morgan fingerprint density at radius 1 is 0.873 bits per heavy atom. The maximum Gasteiger partial charge on any atom is 0.407 e. The molecule has 23 heteroatoms. The van der Waals surface area contributed by atoms with Crippen molar-refractivity contribution in [3.8, 4) is 29.4 Å². The lowest BCUT2D eigenvalue weighted by Crippen LogP contribution is -2.62. The van der Waals surface area contributed by atoms with Crippen molar-refractivity contribution in [1.82, 2.24) is 26.2 Å². The van der Waals surface area contributed by atoms with Gasteiger partial charge < -0.3 is 62.8 Å². The molecule has 0 spiro atoms. The minimum Gasteiger partial charge on any atom is -0.507 e. The van der Waals surface area contributed by atoms with Gasteiger partial charge in [0.05, 0.1) is 34.1 Å². The number of thiol groups is 1. The lowest BCUT2D eigenvalue weighted by atomic mass is 9.66. The van der Waals surface area contributed by atoms with Crippen LogP contribution < -0.4 is 37.6 Å². The number of allylic oxidation sites excluding steroid dienone is 2. The Balaban J connectivity index is 0.926. The Bertz CT molecular complexity index is 3100. The third-order valence-corrected chi connectivity index (χ3v) is 14.4. The lowest BCUT2D eigenvalue weighted by Gasteiger charge is -2.48. The second kappa shape index (κ2) is 25.5. The van der Waals surface area contributed by atoms with Crippen molar-refractivity contribution in [1.29, 1.82) is 0 Å². The number of likely N-dealkylation sites (tertiary alicyclic amines) is 1. The van der Waals surface area contributed by atoms with E-state index in [2.05, 4.69) is 68.2 Å². The second-order valence-electron chi connectivity index (χ2n) is 19.9. The highest BCUT2D eigenvalue weighted by Crippen LogP contribution is 2.50. The Morgan fingerprint density at radius 2 is 1.57 bits per heavy atom. The topological polar surface area (TPSA) is 345 Å². The number of fused-ring (bicyclic) bond motifs is 7. The number of aliphatic hydroxyl groups excluding tert-OH is 2. The van der Waals surface area contributed by atoms with Gasteiger partial charge in [0.1, 0.15) is 42.2 Å². The van der Waals surface area contributed by atoms with Gasteiger partial charge in [-0.25, -0.2) is 9.59 Å². The SMILES string of the molecule is CC(C)[C@H](NC(=O)CCCCCN1C(=O)CC(S)C1=O)C(=O)N[C@@H](CCCNC(N)=O)C(=O)Nc1ccc(COC(=O)NCc2ccc3c(c2)C(=O)c2c(O)cc4c(c2C3=O)N[C@H]2C#C/C=C\C#C[C@@H](O)C4[C@]2(O)[C@@H](C)O)cc1. The molecule has 1 fully saturated rings. The molecule has 0 aromatic heterocycles. The number of phenolic OH excluding ortho intramolecular Hbond substituents is 1. The molecule has 22 nitrogen and oxygen atoms in total. The van der Waals surface area contributed by atoms with E-state index in [9.17, 15) is 63.6 Å². The van der Waals surface area contributed by atoms with Crippen LogP contribution in [-0.4, -0.2) is 133 Å². The number of benzene rings is 3. The summed E-state index contributed by atoms with van der Waals surface area (Å²) in [5.74, 6) is 4.87.